The molecule has 0 atom stereocenters. The molecule has 1 aromatic heterocycles. The zero-order chi connectivity index (χ0) is 18.7. The van der Waals surface area contributed by atoms with E-state index in [-0.39, 0.29) is 0 Å². The van der Waals surface area contributed by atoms with Crippen molar-refractivity contribution < 1.29 is 0 Å². The zero-order valence-corrected chi connectivity index (χ0v) is 17.5. The Morgan fingerprint density at radius 1 is 1.12 bits per heavy atom. The van der Waals surface area contributed by atoms with Crippen molar-refractivity contribution in [3.05, 3.63) is 75.0 Å². The molecule has 1 heterocycles. The van der Waals surface area contributed by atoms with Crippen LogP contribution in [0.3, 0.4) is 0 Å². The molecule has 0 aliphatic rings. The van der Waals surface area contributed by atoms with E-state index in [0.29, 0.717) is 16.7 Å². The van der Waals surface area contributed by atoms with E-state index in [1.807, 2.05) is 48.0 Å². The Hall–Kier alpha value is -1.89. The van der Waals surface area contributed by atoms with E-state index in [9.17, 15) is 0 Å². The molecule has 3 rings (SSSR count). The van der Waals surface area contributed by atoms with Gasteiger partial charge in [0.25, 0.3) is 0 Å². The fourth-order valence-corrected chi connectivity index (χ4v) is 3.22. The first-order valence-corrected chi connectivity index (χ1v) is 9.62. The van der Waals surface area contributed by atoms with E-state index in [4.69, 9.17) is 23.8 Å². The van der Waals surface area contributed by atoms with Crippen molar-refractivity contribution >= 4 is 56.2 Å². The lowest BCUT2D eigenvalue weighted by Crippen LogP contribution is -2.19. The molecule has 2 aromatic carbocycles. The number of thiocarbonyl (C=S) groups is 1. The summed E-state index contributed by atoms with van der Waals surface area (Å²) in [7, 11) is 0. The smallest absolute Gasteiger partial charge is 0.175 e. The van der Waals surface area contributed by atoms with Crippen LogP contribution in [0.1, 0.15) is 17.0 Å². The molecule has 0 bridgehead atoms. The zero-order valence-electron chi connectivity index (χ0n) is 14.4. The molecule has 0 amide bonds. The van der Waals surface area contributed by atoms with Gasteiger partial charge in [0.2, 0.25) is 0 Å². The van der Waals surface area contributed by atoms with Crippen LogP contribution in [0.15, 0.2) is 53.0 Å². The number of hydrogen-bond donors (Lipinski definition) is 2. The van der Waals surface area contributed by atoms with Gasteiger partial charge < -0.3 is 10.6 Å². The number of hydrogen-bond acceptors (Lipinski definition) is 2. The molecule has 26 heavy (non-hydrogen) atoms. The molecule has 0 aliphatic heterocycles. The monoisotopic (exact) mass is 448 g/mol. The van der Waals surface area contributed by atoms with Gasteiger partial charge in [0.05, 0.1) is 22.4 Å². The van der Waals surface area contributed by atoms with E-state index in [0.717, 1.165) is 32.8 Å². The summed E-state index contributed by atoms with van der Waals surface area (Å²) < 4.78 is 3.04. The first-order valence-electron chi connectivity index (χ1n) is 8.04. The normalized spacial score (nSPS) is 10.6. The molecule has 0 aliphatic carbocycles. The van der Waals surface area contributed by atoms with Gasteiger partial charge in [-0.05, 0) is 84.0 Å². The van der Waals surface area contributed by atoms with Crippen molar-refractivity contribution in [1.82, 2.24) is 9.78 Å². The average Bonchev–Trinajstić information content (AvgIpc) is 2.84. The lowest BCUT2D eigenvalue weighted by Gasteiger charge is -2.12. The number of benzene rings is 2. The molecule has 0 saturated heterocycles. The second-order valence-corrected chi connectivity index (χ2v) is 7.57. The lowest BCUT2D eigenvalue weighted by atomic mass is 10.2. The third-order valence-electron chi connectivity index (χ3n) is 3.91. The van der Waals surface area contributed by atoms with Crippen LogP contribution in [0.2, 0.25) is 5.02 Å². The molecule has 0 spiro atoms. The van der Waals surface area contributed by atoms with Gasteiger partial charge >= 0.3 is 0 Å². The van der Waals surface area contributed by atoms with Crippen LogP contribution in [0, 0.1) is 13.8 Å². The third kappa shape index (κ3) is 4.63. The van der Waals surface area contributed by atoms with Gasteiger partial charge in [-0.15, -0.1) is 0 Å². The Labute approximate surface area is 171 Å². The summed E-state index contributed by atoms with van der Waals surface area (Å²) in [6.45, 7) is 4.74. The Morgan fingerprint density at radius 2 is 1.81 bits per heavy atom. The molecule has 134 valence electrons. The second-order valence-electron chi connectivity index (χ2n) is 5.93. The first-order chi connectivity index (χ1) is 12.4. The van der Waals surface area contributed by atoms with E-state index < -0.39 is 0 Å². The quantitative estimate of drug-likeness (QED) is 0.496. The molecule has 0 unspecified atom stereocenters. The van der Waals surface area contributed by atoms with Gasteiger partial charge in [0.1, 0.15) is 0 Å². The highest BCUT2D eigenvalue weighted by molar-refractivity contribution is 9.10. The number of halogens is 2. The maximum absolute atomic E-state index is 5.90. The Morgan fingerprint density at radius 3 is 2.46 bits per heavy atom. The predicted molar refractivity (Wildman–Crippen MR) is 116 cm³/mol. The molecule has 2 N–H and O–H groups in total. The summed E-state index contributed by atoms with van der Waals surface area (Å²) in [5.41, 5.74) is 5.05. The van der Waals surface area contributed by atoms with Crippen LogP contribution in [0.25, 0.3) is 0 Å². The van der Waals surface area contributed by atoms with E-state index in [2.05, 4.69) is 50.7 Å². The molecule has 0 saturated carbocycles. The highest BCUT2D eigenvalue weighted by atomic mass is 79.9. The van der Waals surface area contributed by atoms with Crippen LogP contribution >= 0.6 is 39.7 Å². The van der Waals surface area contributed by atoms with E-state index >= 15 is 0 Å². The number of nitrogens with one attached hydrogen (secondary N) is 2. The standard InChI is InChI=1S/C19H18BrClN4S/c1-12-18(20)13(2)25(24-12)11-14-4-3-5-17(10-14)23-19(26)22-16-8-6-15(21)7-9-16/h3-10H,11H2,1-2H3,(H2,22,23,26). The average molecular weight is 450 g/mol. The number of aryl methyl sites for hydroxylation is 1. The molecule has 4 nitrogen and oxygen atoms in total. The minimum Gasteiger partial charge on any atom is -0.332 e. The van der Waals surface area contributed by atoms with Gasteiger partial charge in [-0.2, -0.15) is 5.10 Å². The lowest BCUT2D eigenvalue weighted by molar-refractivity contribution is 0.659. The van der Waals surface area contributed by atoms with Crippen molar-refractivity contribution in [2.45, 2.75) is 20.4 Å². The number of rotatable bonds is 4. The highest BCUT2D eigenvalue weighted by Gasteiger charge is 2.09. The van der Waals surface area contributed by atoms with E-state index in [1.165, 1.54) is 0 Å². The third-order valence-corrected chi connectivity index (χ3v) is 5.52. The number of aromatic nitrogens is 2. The van der Waals surface area contributed by atoms with E-state index in [1.54, 1.807) is 0 Å². The first kappa shape index (κ1) is 18.9. The second kappa shape index (κ2) is 8.20. The van der Waals surface area contributed by atoms with Crippen LogP contribution < -0.4 is 10.6 Å². The Bertz CT molecular complexity index is 937. The van der Waals surface area contributed by atoms with Crippen molar-refractivity contribution in [1.29, 1.82) is 0 Å². The Balaban J connectivity index is 1.67. The van der Waals surface area contributed by atoms with Crippen LogP contribution in [0.4, 0.5) is 11.4 Å². The highest BCUT2D eigenvalue weighted by Crippen LogP contribution is 2.21. The minimum absolute atomic E-state index is 0.526. The predicted octanol–water partition coefficient (Wildman–Crippen LogP) is 5.77. The maximum Gasteiger partial charge on any atom is 0.175 e. The molecular weight excluding hydrogens is 432 g/mol. The molecule has 0 fully saturated rings. The van der Waals surface area contributed by atoms with Gasteiger partial charge in [-0.1, -0.05) is 23.7 Å². The molecule has 0 radical (unpaired) electrons. The molecule has 3 aromatic rings. The van der Waals surface area contributed by atoms with Gasteiger partial charge in [0.15, 0.2) is 5.11 Å². The summed E-state index contributed by atoms with van der Waals surface area (Å²) in [6.07, 6.45) is 0. The summed E-state index contributed by atoms with van der Waals surface area (Å²) in [4.78, 5) is 0. The number of nitrogens with zero attached hydrogens (tertiary/aromatic N) is 2. The van der Waals surface area contributed by atoms with Crippen LogP contribution in [-0.4, -0.2) is 14.9 Å². The Kier molecular flexibility index (Phi) is 5.96. The largest absolute Gasteiger partial charge is 0.332 e. The molecular formula is C19H18BrClN4S. The molecule has 7 heteroatoms. The van der Waals surface area contributed by atoms with Crippen LogP contribution in [0.5, 0.6) is 0 Å². The van der Waals surface area contributed by atoms with Crippen molar-refractivity contribution in [2.75, 3.05) is 10.6 Å². The topological polar surface area (TPSA) is 41.9 Å². The van der Waals surface area contributed by atoms with Crippen molar-refractivity contribution in [3.63, 3.8) is 0 Å². The maximum atomic E-state index is 5.90. The summed E-state index contributed by atoms with van der Waals surface area (Å²) in [5.74, 6) is 0. The fraction of sp³-hybridized carbons (Fsp3) is 0.158. The summed E-state index contributed by atoms with van der Waals surface area (Å²) in [5, 5.41) is 12.1. The van der Waals surface area contributed by atoms with Crippen molar-refractivity contribution in [2.24, 2.45) is 0 Å². The van der Waals surface area contributed by atoms with Crippen molar-refractivity contribution in [3.8, 4) is 0 Å². The van der Waals surface area contributed by atoms with Gasteiger partial charge in [0, 0.05) is 16.4 Å². The summed E-state index contributed by atoms with van der Waals surface area (Å²) >= 11 is 14.9. The SMILES string of the molecule is Cc1nn(Cc2cccc(NC(=S)Nc3ccc(Cl)cc3)c2)c(C)c1Br. The summed E-state index contributed by atoms with van der Waals surface area (Å²) in [6, 6.07) is 15.5. The minimum atomic E-state index is 0.526. The number of anilines is 2. The van der Waals surface area contributed by atoms with Gasteiger partial charge in [-0.25, -0.2) is 0 Å². The van der Waals surface area contributed by atoms with Gasteiger partial charge in [-0.3, -0.25) is 4.68 Å². The fourth-order valence-electron chi connectivity index (χ4n) is 2.58. The van der Waals surface area contributed by atoms with Crippen LogP contribution in [-0.2, 0) is 6.54 Å².